The number of hydrogen-bond acceptors (Lipinski definition) is 5. The molecule has 0 aromatic heterocycles. The van der Waals surface area contributed by atoms with Gasteiger partial charge in [-0.25, -0.2) is 0 Å². The van der Waals surface area contributed by atoms with E-state index < -0.39 is 5.41 Å². The third-order valence-corrected chi connectivity index (χ3v) is 8.08. The maximum absolute atomic E-state index is 12.5. The van der Waals surface area contributed by atoms with Gasteiger partial charge in [0, 0.05) is 22.7 Å². The van der Waals surface area contributed by atoms with Crippen molar-refractivity contribution in [1.29, 1.82) is 0 Å². The number of rotatable bonds is 8. The quantitative estimate of drug-likeness (QED) is 0.477. The predicted molar refractivity (Wildman–Crippen MR) is 130 cm³/mol. The van der Waals surface area contributed by atoms with Gasteiger partial charge in [0.1, 0.15) is 12.4 Å². The maximum Gasteiger partial charge on any atom is 0.306 e. The zero-order valence-electron chi connectivity index (χ0n) is 22.0. The lowest BCUT2D eigenvalue weighted by molar-refractivity contribution is -0.210. The number of esters is 1. The minimum Gasteiger partial charge on any atom is -0.507 e. The van der Waals surface area contributed by atoms with Crippen molar-refractivity contribution in [2.75, 3.05) is 19.8 Å². The van der Waals surface area contributed by atoms with E-state index >= 15 is 0 Å². The molecule has 0 spiro atoms. The molecular formula is C28H44O5. The molecule has 2 aliphatic rings. The minimum absolute atomic E-state index is 0.165. The molecule has 5 heteroatoms. The molecular weight excluding hydrogens is 416 g/mol. The van der Waals surface area contributed by atoms with Gasteiger partial charge < -0.3 is 19.3 Å². The molecule has 1 N–H and O–H groups in total. The lowest BCUT2D eigenvalue weighted by Gasteiger charge is -2.33. The van der Waals surface area contributed by atoms with Crippen LogP contribution in [0.15, 0.2) is 12.1 Å². The van der Waals surface area contributed by atoms with Crippen LogP contribution in [0, 0.1) is 23.2 Å². The average Bonchev–Trinajstić information content (AvgIpc) is 3.42. The Morgan fingerprint density at radius 2 is 1.67 bits per heavy atom. The molecule has 1 aliphatic heterocycles. The molecule has 2 fully saturated rings. The van der Waals surface area contributed by atoms with Crippen molar-refractivity contribution < 1.29 is 24.1 Å². The monoisotopic (exact) mass is 460 g/mol. The molecule has 1 aromatic rings. The molecule has 5 nitrogen and oxygen atoms in total. The van der Waals surface area contributed by atoms with Crippen LogP contribution in [0.1, 0.15) is 90.8 Å². The van der Waals surface area contributed by atoms with E-state index in [-0.39, 0.29) is 35.1 Å². The Hall–Kier alpha value is -1.59. The van der Waals surface area contributed by atoms with Crippen LogP contribution in [-0.4, -0.2) is 37.2 Å². The first-order valence-corrected chi connectivity index (χ1v) is 12.5. The highest BCUT2D eigenvalue weighted by atomic mass is 16.7. The molecule has 1 aromatic carbocycles. The van der Waals surface area contributed by atoms with Gasteiger partial charge >= 0.3 is 5.97 Å². The highest BCUT2D eigenvalue weighted by molar-refractivity contribution is 5.69. The fourth-order valence-electron chi connectivity index (χ4n) is 5.41. The van der Waals surface area contributed by atoms with Crippen molar-refractivity contribution in [3.05, 3.63) is 28.8 Å². The summed E-state index contributed by atoms with van der Waals surface area (Å²) in [6, 6.07) is 3.96. The minimum atomic E-state index is -0.426. The van der Waals surface area contributed by atoms with Crippen LogP contribution in [-0.2, 0) is 30.8 Å². The summed E-state index contributed by atoms with van der Waals surface area (Å²) in [7, 11) is 0. The Morgan fingerprint density at radius 3 is 2.18 bits per heavy atom. The first-order chi connectivity index (χ1) is 15.3. The fraction of sp³-hybridized carbons (Fsp3) is 0.750. The van der Waals surface area contributed by atoms with Crippen LogP contribution in [0.25, 0.3) is 0 Å². The van der Waals surface area contributed by atoms with Crippen molar-refractivity contribution in [1.82, 2.24) is 0 Å². The average molecular weight is 461 g/mol. The summed E-state index contributed by atoms with van der Waals surface area (Å²) in [5, 5.41) is 10.4. The van der Waals surface area contributed by atoms with Crippen LogP contribution >= 0.6 is 0 Å². The van der Waals surface area contributed by atoms with Gasteiger partial charge in [0.2, 0.25) is 0 Å². The van der Waals surface area contributed by atoms with Gasteiger partial charge in [-0.3, -0.25) is 4.79 Å². The number of phenols is 1. The predicted octanol–water partition coefficient (Wildman–Crippen LogP) is 6.07. The highest BCUT2D eigenvalue weighted by Gasteiger charge is 2.66. The van der Waals surface area contributed by atoms with Gasteiger partial charge in [0.05, 0.1) is 13.2 Å². The molecule has 186 valence electrons. The van der Waals surface area contributed by atoms with Gasteiger partial charge in [-0.15, -0.1) is 0 Å². The number of hydrogen-bond donors (Lipinski definition) is 1. The number of aromatic hydroxyl groups is 1. The molecule has 0 bridgehead atoms. The Balaban J connectivity index is 1.54. The molecule has 1 saturated heterocycles. The van der Waals surface area contributed by atoms with Crippen LogP contribution in [0.3, 0.4) is 0 Å². The second-order valence-corrected chi connectivity index (χ2v) is 12.1. The number of carbonyl (C=O) groups excluding carboxylic acids is 1. The second kappa shape index (κ2) is 9.22. The van der Waals surface area contributed by atoms with E-state index in [1.165, 1.54) is 6.42 Å². The van der Waals surface area contributed by atoms with Crippen molar-refractivity contribution in [3.63, 3.8) is 0 Å². The Kier molecular flexibility index (Phi) is 7.27. The van der Waals surface area contributed by atoms with Crippen molar-refractivity contribution in [2.45, 2.75) is 99.2 Å². The first-order valence-electron chi connectivity index (χ1n) is 12.5. The van der Waals surface area contributed by atoms with E-state index in [1.54, 1.807) is 0 Å². The first kappa shape index (κ1) is 26.0. The normalized spacial score (nSPS) is 27.6. The molecule has 1 saturated carbocycles. The van der Waals surface area contributed by atoms with E-state index in [0.29, 0.717) is 18.6 Å². The molecule has 2 unspecified atom stereocenters. The lowest BCUT2D eigenvalue weighted by atomic mass is 9.83. The fourth-order valence-corrected chi connectivity index (χ4v) is 5.41. The van der Waals surface area contributed by atoms with Gasteiger partial charge in [0.15, 0.2) is 6.29 Å². The molecule has 33 heavy (non-hydrogen) atoms. The number of phenolic OH excluding ortho intramolecular Hbond substituents is 1. The van der Waals surface area contributed by atoms with Crippen LogP contribution in [0.5, 0.6) is 5.75 Å². The summed E-state index contributed by atoms with van der Waals surface area (Å²) < 4.78 is 18.1. The zero-order chi connectivity index (χ0) is 24.7. The van der Waals surface area contributed by atoms with Gasteiger partial charge in [-0.1, -0.05) is 60.6 Å². The Bertz CT molecular complexity index is 848. The van der Waals surface area contributed by atoms with E-state index in [4.69, 9.17) is 14.2 Å². The number of aryl methyl sites for hydroxylation is 2. The summed E-state index contributed by atoms with van der Waals surface area (Å²) in [5.74, 6) is 0.115. The zero-order valence-corrected chi connectivity index (χ0v) is 22.0. The Labute approximate surface area is 200 Å². The summed E-state index contributed by atoms with van der Waals surface area (Å²) >= 11 is 0. The molecule has 1 heterocycles. The number of carbonyl (C=O) groups is 1. The van der Waals surface area contributed by atoms with E-state index in [1.807, 2.05) is 32.9 Å². The summed E-state index contributed by atoms with van der Waals surface area (Å²) in [6.45, 7) is 18.4. The summed E-state index contributed by atoms with van der Waals surface area (Å²) in [5.41, 5.74) is 2.68. The molecule has 3 rings (SSSR count). The van der Waals surface area contributed by atoms with E-state index in [0.717, 1.165) is 42.7 Å². The van der Waals surface area contributed by atoms with Gasteiger partial charge in [-0.2, -0.15) is 0 Å². The van der Waals surface area contributed by atoms with Crippen LogP contribution < -0.4 is 0 Å². The number of ether oxygens (including phenoxy) is 3. The van der Waals surface area contributed by atoms with Gasteiger partial charge in [-0.05, 0) is 54.7 Å². The standard InChI is InChI=1S/C28H44O5/c1-9-27-15-28(27,10-2)18-33-24(32-17-27)26(7,8)16-31-22(29)12-11-20-13-19(3)23(30)21(14-20)25(4,5)6/h13-14,24,30H,9-12,15-18H2,1-8H3. The highest BCUT2D eigenvalue weighted by Crippen LogP contribution is 2.69. The molecule has 0 radical (unpaired) electrons. The smallest absolute Gasteiger partial charge is 0.306 e. The van der Waals surface area contributed by atoms with E-state index in [2.05, 4.69) is 34.6 Å². The van der Waals surface area contributed by atoms with Crippen molar-refractivity contribution >= 4 is 5.97 Å². The lowest BCUT2D eigenvalue weighted by Crippen LogP contribution is -2.39. The number of benzene rings is 1. The topological polar surface area (TPSA) is 65.0 Å². The second-order valence-electron chi connectivity index (χ2n) is 12.1. The molecule has 0 amide bonds. The SMILES string of the molecule is CCC12COC(C(C)(C)COC(=O)CCc3cc(C)c(O)c(C(C)(C)C)c3)OCC1(CC)C2. The number of fused-ring (bicyclic) bond motifs is 1. The van der Waals surface area contributed by atoms with Crippen molar-refractivity contribution in [3.8, 4) is 5.75 Å². The van der Waals surface area contributed by atoms with Crippen LogP contribution in [0.2, 0.25) is 0 Å². The third-order valence-electron chi connectivity index (χ3n) is 8.08. The van der Waals surface area contributed by atoms with Gasteiger partial charge in [0.25, 0.3) is 0 Å². The molecule has 2 atom stereocenters. The third kappa shape index (κ3) is 5.24. The van der Waals surface area contributed by atoms with E-state index in [9.17, 15) is 9.90 Å². The largest absolute Gasteiger partial charge is 0.507 e. The summed E-state index contributed by atoms with van der Waals surface area (Å²) in [6.07, 6.45) is 3.91. The maximum atomic E-state index is 12.5. The van der Waals surface area contributed by atoms with Crippen LogP contribution in [0.4, 0.5) is 0 Å². The van der Waals surface area contributed by atoms with Crippen molar-refractivity contribution in [2.24, 2.45) is 16.2 Å². The molecule has 1 aliphatic carbocycles. The Morgan fingerprint density at radius 1 is 1.09 bits per heavy atom. The summed E-state index contributed by atoms with van der Waals surface area (Å²) in [4.78, 5) is 12.5.